The number of fused-ring (bicyclic) bond motifs is 1. The lowest BCUT2D eigenvalue weighted by Gasteiger charge is -2.02. The molecule has 3 rings (SSSR count). The molecule has 0 amide bonds. The van der Waals surface area contributed by atoms with E-state index in [1.807, 2.05) is 30.3 Å². The lowest BCUT2D eigenvalue weighted by atomic mass is 10.2. The molecule has 0 fully saturated rings. The third kappa shape index (κ3) is 2.57. The van der Waals surface area contributed by atoms with Crippen LogP contribution in [-0.4, -0.2) is 4.98 Å². The second kappa shape index (κ2) is 5.05. The van der Waals surface area contributed by atoms with E-state index in [0.717, 1.165) is 13.6 Å². The molecule has 19 heavy (non-hydrogen) atoms. The first kappa shape index (κ1) is 12.8. The maximum absolute atomic E-state index is 12.0. The molecule has 0 radical (unpaired) electrons. The van der Waals surface area contributed by atoms with Crippen LogP contribution in [0.4, 0.5) is 0 Å². The Kier molecular flexibility index (Phi) is 3.40. The van der Waals surface area contributed by atoms with Gasteiger partial charge in [0.15, 0.2) is 0 Å². The largest absolute Gasteiger partial charge is 0.403 e. The summed E-state index contributed by atoms with van der Waals surface area (Å²) in [7, 11) is 0. The molecule has 0 aliphatic heterocycles. The van der Waals surface area contributed by atoms with Crippen molar-refractivity contribution in [2.24, 2.45) is 0 Å². The van der Waals surface area contributed by atoms with E-state index >= 15 is 0 Å². The minimum Gasteiger partial charge on any atom is -0.403 e. The van der Waals surface area contributed by atoms with Gasteiger partial charge in [-0.1, -0.05) is 15.9 Å². The molecule has 94 valence electrons. The van der Waals surface area contributed by atoms with Gasteiger partial charge < -0.3 is 4.42 Å². The van der Waals surface area contributed by atoms with Crippen LogP contribution in [-0.2, 0) is 0 Å². The third-order valence-corrected chi connectivity index (χ3v) is 3.89. The van der Waals surface area contributed by atoms with Crippen LogP contribution in [0.25, 0.3) is 22.4 Å². The Hall–Kier alpha value is -1.21. The van der Waals surface area contributed by atoms with E-state index < -0.39 is 0 Å². The van der Waals surface area contributed by atoms with E-state index in [2.05, 4.69) is 43.5 Å². The monoisotopic (exact) mass is 427 g/mol. The molecule has 1 heterocycles. The predicted octanol–water partition coefficient (Wildman–Crippen LogP) is 4.22. The highest BCUT2D eigenvalue weighted by Crippen LogP contribution is 2.21. The van der Waals surface area contributed by atoms with Crippen LogP contribution in [0.2, 0.25) is 0 Å². The van der Waals surface area contributed by atoms with Gasteiger partial charge in [-0.3, -0.25) is 0 Å². The molecular formula is C14H7BrINO2. The SMILES string of the molecule is O=c1oc(-c2ccc(I)cc2)nc2ccc(Br)cc12. The van der Waals surface area contributed by atoms with Crippen molar-refractivity contribution in [1.29, 1.82) is 0 Å². The summed E-state index contributed by atoms with van der Waals surface area (Å²) in [4.78, 5) is 16.4. The number of hydrogen-bond donors (Lipinski definition) is 0. The summed E-state index contributed by atoms with van der Waals surface area (Å²) in [5.74, 6) is 0.344. The van der Waals surface area contributed by atoms with Crippen LogP contribution in [0.5, 0.6) is 0 Å². The normalized spacial score (nSPS) is 10.8. The first-order chi connectivity index (χ1) is 9.13. The molecule has 3 aromatic rings. The number of halogens is 2. The molecule has 3 nitrogen and oxygen atoms in total. The summed E-state index contributed by atoms with van der Waals surface area (Å²) >= 11 is 5.55. The summed E-state index contributed by atoms with van der Waals surface area (Å²) in [6.07, 6.45) is 0. The number of nitrogens with zero attached hydrogens (tertiary/aromatic N) is 1. The highest BCUT2D eigenvalue weighted by atomic mass is 127. The van der Waals surface area contributed by atoms with Crippen LogP contribution in [0.1, 0.15) is 0 Å². The summed E-state index contributed by atoms with van der Waals surface area (Å²) in [6, 6.07) is 13.0. The maximum atomic E-state index is 12.0. The molecule has 0 aliphatic rings. The van der Waals surface area contributed by atoms with Crippen LogP contribution in [0.15, 0.2) is 56.1 Å². The smallest absolute Gasteiger partial charge is 0.347 e. The Labute approximate surface area is 130 Å². The van der Waals surface area contributed by atoms with Gasteiger partial charge in [0, 0.05) is 13.6 Å². The molecule has 2 aromatic carbocycles. The molecule has 0 N–H and O–H groups in total. The van der Waals surface area contributed by atoms with E-state index in [9.17, 15) is 4.79 Å². The standard InChI is InChI=1S/C14H7BrINO2/c15-9-3-6-12-11(7-9)14(18)19-13(17-12)8-1-4-10(16)5-2-8/h1-7H. The van der Waals surface area contributed by atoms with Crippen LogP contribution < -0.4 is 5.63 Å². The Morgan fingerprint density at radius 2 is 1.84 bits per heavy atom. The van der Waals surface area contributed by atoms with Gasteiger partial charge in [0.05, 0.1) is 10.9 Å². The van der Waals surface area contributed by atoms with Crippen molar-refractivity contribution in [2.45, 2.75) is 0 Å². The zero-order valence-corrected chi connectivity index (χ0v) is 13.3. The van der Waals surface area contributed by atoms with Gasteiger partial charge >= 0.3 is 5.63 Å². The molecule has 0 bridgehead atoms. The van der Waals surface area contributed by atoms with Gasteiger partial charge in [-0.25, -0.2) is 9.78 Å². The molecular weight excluding hydrogens is 421 g/mol. The quantitative estimate of drug-likeness (QED) is 0.546. The fourth-order valence-corrected chi connectivity index (χ4v) is 2.48. The minimum atomic E-state index is -0.375. The van der Waals surface area contributed by atoms with Crippen molar-refractivity contribution in [1.82, 2.24) is 4.98 Å². The summed E-state index contributed by atoms with van der Waals surface area (Å²) in [6.45, 7) is 0. The highest BCUT2D eigenvalue weighted by molar-refractivity contribution is 14.1. The molecule has 0 saturated heterocycles. The van der Waals surface area contributed by atoms with Gasteiger partial charge in [0.1, 0.15) is 0 Å². The van der Waals surface area contributed by atoms with Gasteiger partial charge in [0.2, 0.25) is 5.89 Å². The first-order valence-electron chi connectivity index (χ1n) is 5.50. The van der Waals surface area contributed by atoms with Crippen molar-refractivity contribution in [3.63, 3.8) is 0 Å². The van der Waals surface area contributed by atoms with E-state index in [1.165, 1.54) is 0 Å². The van der Waals surface area contributed by atoms with E-state index in [0.29, 0.717) is 16.8 Å². The second-order valence-electron chi connectivity index (χ2n) is 3.97. The predicted molar refractivity (Wildman–Crippen MR) is 86.1 cm³/mol. The Morgan fingerprint density at radius 1 is 1.11 bits per heavy atom. The Morgan fingerprint density at radius 3 is 2.58 bits per heavy atom. The van der Waals surface area contributed by atoms with Crippen molar-refractivity contribution in [2.75, 3.05) is 0 Å². The number of rotatable bonds is 1. The number of hydrogen-bond acceptors (Lipinski definition) is 3. The van der Waals surface area contributed by atoms with Crippen LogP contribution >= 0.6 is 38.5 Å². The molecule has 1 aromatic heterocycles. The van der Waals surface area contributed by atoms with Crippen molar-refractivity contribution in [3.8, 4) is 11.5 Å². The molecule has 0 atom stereocenters. The molecule has 0 spiro atoms. The van der Waals surface area contributed by atoms with E-state index in [4.69, 9.17) is 4.42 Å². The average molecular weight is 428 g/mol. The topological polar surface area (TPSA) is 43.1 Å². The van der Waals surface area contributed by atoms with Gasteiger partial charge in [-0.15, -0.1) is 0 Å². The fourth-order valence-electron chi connectivity index (χ4n) is 1.76. The van der Waals surface area contributed by atoms with Gasteiger partial charge in [-0.2, -0.15) is 0 Å². The first-order valence-corrected chi connectivity index (χ1v) is 7.37. The van der Waals surface area contributed by atoms with Crippen molar-refractivity contribution < 1.29 is 4.42 Å². The molecule has 5 heteroatoms. The summed E-state index contributed by atoms with van der Waals surface area (Å²) in [5, 5.41) is 0.476. The van der Waals surface area contributed by atoms with Crippen molar-refractivity contribution in [3.05, 3.63) is 60.9 Å². The van der Waals surface area contributed by atoms with Crippen molar-refractivity contribution >= 4 is 49.4 Å². The zero-order valence-electron chi connectivity index (χ0n) is 9.56. The van der Waals surface area contributed by atoms with Crippen LogP contribution in [0, 0.1) is 3.57 Å². The summed E-state index contributed by atoms with van der Waals surface area (Å²) < 4.78 is 7.23. The third-order valence-electron chi connectivity index (χ3n) is 2.68. The van der Waals surface area contributed by atoms with E-state index in [-0.39, 0.29) is 5.63 Å². The highest BCUT2D eigenvalue weighted by Gasteiger charge is 2.08. The van der Waals surface area contributed by atoms with Gasteiger partial charge in [0.25, 0.3) is 0 Å². The lowest BCUT2D eigenvalue weighted by molar-refractivity contribution is 0.518. The Balaban J connectivity index is 2.24. The second-order valence-corrected chi connectivity index (χ2v) is 6.14. The zero-order chi connectivity index (χ0) is 13.4. The fraction of sp³-hybridized carbons (Fsp3) is 0. The van der Waals surface area contributed by atoms with Gasteiger partial charge in [-0.05, 0) is 65.1 Å². The molecule has 0 aliphatic carbocycles. The molecule has 0 saturated carbocycles. The summed E-state index contributed by atoms with van der Waals surface area (Å²) in [5.41, 5.74) is 1.05. The number of aromatic nitrogens is 1. The number of benzene rings is 2. The Bertz CT molecular complexity index is 812. The van der Waals surface area contributed by atoms with Crippen LogP contribution in [0.3, 0.4) is 0 Å². The minimum absolute atomic E-state index is 0.344. The molecule has 0 unspecified atom stereocenters. The average Bonchev–Trinajstić information content (AvgIpc) is 2.40. The lowest BCUT2D eigenvalue weighted by Crippen LogP contribution is -2.02. The maximum Gasteiger partial charge on any atom is 0.347 e. The van der Waals surface area contributed by atoms with E-state index in [1.54, 1.807) is 12.1 Å².